The van der Waals surface area contributed by atoms with E-state index in [1.165, 1.54) is 25.7 Å². The van der Waals surface area contributed by atoms with Crippen LogP contribution in [0.15, 0.2) is 48.8 Å². The van der Waals surface area contributed by atoms with Gasteiger partial charge in [0.05, 0.1) is 19.0 Å². The summed E-state index contributed by atoms with van der Waals surface area (Å²) in [6.07, 6.45) is 8.43. The van der Waals surface area contributed by atoms with Crippen LogP contribution in [0.3, 0.4) is 0 Å². The highest BCUT2D eigenvalue weighted by atomic mass is 16.5. The normalized spacial score (nSPS) is 16.1. The zero-order chi connectivity index (χ0) is 22.2. The molecule has 0 amide bonds. The summed E-state index contributed by atoms with van der Waals surface area (Å²) in [5, 5.41) is 13.9. The van der Waals surface area contributed by atoms with Crippen molar-refractivity contribution in [2.45, 2.75) is 44.9 Å². The van der Waals surface area contributed by atoms with Crippen LogP contribution in [0.4, 0.5) is 0 Å². The van der Waals surface area contributed by atoms with Crippen molar-refractivity contribution in [1.29, 1.82) is 0 Å². The van der Waals surface area contributed by atoms with E-state index in [9.17, 15) is 5.11 Å². The smallest absolute Gasteiger partial charge is 0.161 e. The predicted molar refractivity (Wildman–Crippen MR) is 125 cm³/mol. The summed E-state index contributed by atoms with van der Waals surface area (Å²) in [7, 11) is 1.64. The molecule has 0 aliphatic carbocycles. The fourth-order valence-electron chi connectivity index (χ4n) is 4.25. The Hall–Kier alpha value is -2.61. The molecular formula is C25H34N4O3. The Labute approximate surface area is 190 Å². The van der Waals surface area contributed by atoms with Gasteiger partial charge in [-0.3, -0.25) is 0 Å². The van der Waals surface area contributed by atoms with E-state index < -0.39 is 6.10 Å². The van der Waals surface area contributed by atoms with Crippen LogP contribution in [0, 0.1) is 0 Å². The molecule has 3 heterocycles. The molecule has 172 valence electrons. The molecule has 2 N–H and O–H groups in total. The second-order valence-electron chi connectivity index (χ2n) is 8.45. The number of nitrogens with one attached hydrogen (secondary N) is 1. The van der Waals surface area contributed by atoms with E-state index >= 15 is 0 Å². The van der Waals surface area contributed by atoms with Gasteiger partial charge in [0.25, 0.3) is 0 Å². The summed E-state index contributed by atoms with van der Waals surface area (Å²) in [5.41, 5.74) is 3.17. The number of ether oxygens (including phenoxy) is 2. The molecule has 1 saturated heterocycles. The van der Waals surface area contributed by atoms with Crippen LogP contribution in [-0.4, -0.2) is 58.8 Å². The molecule has 0 saturated carbocycles. The Balaban J connectivity index is 1.27. The number of β-amino-alcohol motifs (C(OH)–C–C–N with tert-alkyl or cyclic N) is 1. The second kappa shape index (κ2) is 11.3. The van der Waals surface area contributed by atoms with Gasteiger partial charge in [-0.1, -0.05) is 25.0 Å². The standard InChI is InChI=1S/C25H34N4O3/c1-31-24-14-20(15-26-16-21-17-27-25-8-4-7-13-29(21)25)9-10-23(24)32-19-22(30)18-28-11-5-2-3-6-12-28/h4,7-10,13-14,17,22,26,30H,2-3,5-6,11-12,15-16,18-19H2,1H3/t22-/m0/s1. The number of aromatic nitrogens is 2. The average Bonchev–Trinajstić information content (AvgIpc) is 3.05. The number of rotatable bonds is 10. The first-order chi connectivity index (χ1) is 15.7. The van der Waals surface area contributed by atoms with Crippen LogP contribution >= 0.6 is 0 Å². The maximum absolute atomic E-state index is 10.4. The Morgan fingerprint density at radius 3 is 2.72 bits per heavy atom. The lowest BCUT2D eigenvalue weighted by atomic mass is 10.2. The number of hydrogen-bond donors (Lipinski definition) is 2. The zero-order valence-corrected chi connectivity index (χ0v) is 18.9. The average molecular weight is 439 g/mol. The van der Waals surface area contributed by atoms with Gasteiger partial charge < -0.3 is 29.2 Å². The summed E-state index contributed by atoms with van der Waals surface area (Å²) < 4.78 is 13.5. The van der Waals surface area contributed by atoms with Crippen molar-refractivity contribution in [2.75, 3.05) is 33.4 Å². The van der Waals surface area contributed by atoms with Gasteiger partial charge in [0, 0.05) is 25.8 Å². The molecule has 32 heavy (non-hydrogen) atoms. The highest BCUT2D eigenvalue weighted by Crippen LogP contribution is 2.28. The van der Waals surface area contributed by atoms with Crippen molar-refractivity contribution < 1.29 is 14.6 Å². The van der Waals surface area contributed by atoms with Crippen LogP contribution in [0.1, 0.15) is 36.9 Å². The third kappa shape index (κ3) is 6.00. The van der Waals surface area contributed by atoms with Crippen LogP contribution in [0.5, 0.6) is 11.5 Å². The van der Waals surface area contributed by atoms with Crippen molar-refractivity contribution in [3.05, 3.63) is 60.0 Å². The first-order valence-electron chi connectivity index (χ1n) is 11.5. The Morgan fingerprint density at radius 2 is 1.91 bits per heavy atom. The largest absolute Gasteiger partial charge is 0.493 e. The maximum atomic E-state index is 10.4. The molecule has 0 radical (unpaired) electrons. The number of likely N-dealkylation sites (tertiary alicyclic amines) is 1. The number of methoxy groups -OCH3 is 1. The van der Waals surface area contributed by atoms with Crippen molar-refractivity contribution >= 4 is 5.65 Å². The van der Waals surface area contributed by atoms with Crippen molar-refractivity contribution in [2.24, 2.45) is 0 Å². The number of pyridine rings is 1. The lowest BCUT2D eigenvalue weighted by molar-refractivity contribution is 0.0683. The van der Waals surface area contributed by atoms with E-state index in [1.807, 2.05) is 48.8 Å². The number of benzene rings is 1. The highest BCUT2D eigenvalue weighted by molar-refractivity contribution is 5.43. The fourth-order valence-corrected chi connectivity index (χ4v) is 4.25. The van der Waals surface area contributed by atoms with E-state index in [1.54, 1.807) is 7.11 Å². The number of nitrogens with zero attached hydrogens (tertiary/aromatic N) is 3. The number of imidazole rings is 1. The minimum Gasteiger partial charge on any atom is -0.493 e. The van der Waals surface area contributed by atoms with Gasteiger partial charge >= 0.3 is 0 Å². The Morgan fingerprint density at radius 1 is 1.06 bits per heavy atom. The molecule has 1 fully saturated rings. The van der Waals surface area contributed by atoms with Crippen LogP contribution in [0.25, 0.3) is 5.65 Å². The van der Waals surface area contributed by atoms with E-state index in [4.69, 9.17) is 9.47 Å². The van der Waals surface area contributed by atoms with Crippen LogP contribution < -0.4 is 14.8 Å². The number of aliphatic hydroxyl groups is 1. The minimum atomic E-state index is -0.510. The first kappa shape index (κ1) is 22.6. The van der Waals surface area contributed by atoms with E-state index in [2.05, 4.69) is 19.6 Å². The Bertz CT molecular complexity index is 982. The van der Waals surface area contributed by atoms with Gasteiger partial charge in [-0.25, -0.2) is 4.98 Å². The van der Waals surface area contributed by atoms with E-state index in [0.29, 0.717) is 31.1 Å². The summed E-state index contributed by atoms with van der Waals surface area (Å²) in [5.74, 6) is 1.34. The molecule has 1 aliphatic rings. The van der Waals surface area contributed by atoms with Crippen molar-refractivity contribution in [3.8, 4) is 11.5 Å². The van der Waals surface area contributed by atoms with E-state index in [0.717, 1.165) is 30.0 Å². The topological polar surface area (TPSA) is 71.3 Å². The van der Waals surface area contributed by atoms with Crippen LogP contribution in [0.2, 0.25) is 0 Å². The molecule has 1 aliphatic heterocycles. The van der Waals surface area contributed by atoms with Gasteiger partial charge in [0.1, 0.15) is 18.4 Å². The van der Waals surface area contributed by atoms with E-state index in [-0.39, 0.29) is 6.61 Å². The fraction of sp³-hybridized carbons (Fsp3) is 0.480. The third-order valence-electron chi connectivity index (χ3n) is 5.96. The molecule has 7 nitrogen and oxygen atoms in total. The monoisotopic (exact) mass is 438 g/mol. The number of fused-ring (bicyclic) bond motifs is 1. The van der Waals surface area contributed by atoms with Gasteiger partial charge in [-0.05, 0) is 55.8 Å². The maximum Gasteiger partial charge on any atom is 0.161 e. The van der Waals surface area contributed by atoms with Crippen molar-refractivity contribution in [1.82, 2.24) is 19.6 Å². The SMILES string of the molecule is COc1cc(CNCc2cnc3ccccn23)ccc1OC[C@@H](O)CN1CCCCCC1. The minimum absolute atomic E-state index is 0.263. The Kier molecular flexibility index (Phi) is 7.98. The summed E-state index contributed by atoms with van der Waals surface area (Å²) in [4.78, 5) is 6.77. The zero-order valence-electron chi connectivity index (χ0n) is 18.9. The lowest BCUT2D eigenvalue weighted by Gasteiger charge is -2.23. The highest BCUT2D eigenvalue weighted by Gasteiger charge is 2.15. The summed E-state index contributed by atoms with van der Waals surface area (Å²) in [6.45, 7) is 4.48. The molecule has 1 aromatic carbocycles. The quantitative estimate of drug-likeness (QED) is 0.506. The third-order valence-corrected chi connectivity index (χ3v) is 5.96. The van der Waals surface area contributed by atoms with Gasteiger partial charge in [-0.15, -0.1) is 0 Å². The number of aliphatic hydroxyl groups excluding tert-OH is 1. The van der Waals surface area contributed by atoms with Crippen LogP contribution in [-0.2, 0) is 13.1 Å². The summed E-state index contributed by atoms with van der Waals surface area (Å²) in [6, 6.07) is 11.9. The molecule has 7 heteroatoms. The first-order valence-corrected chi connectivity index (χ1v) is 11.5. The molecule has 2 aromatic heterocycles. The predicted octanol–water partition coefficient (Wildman–Crippen LogP) is 3.25. The number of hydrogen-bond acceptors (Lipinski definition) is 6. The summed E-state index contributed by atoms with van der Waals surface area (Å²) >= 11 is 0. The molecule has 0 spiro atoms. The molecule has 0 unspecified atom stereocenters. The molecular weight excluding hydrogens is 404 g/mol. The van der Waals surface area contributed by atoms with Crippen molar-refractivity contribution in [3.63, 3.8) is 0 Å². The van der Waals surface area contributed by atoms with Gasteiger partial charge in [0.2, 0.25) is 0 Å². The molecule has 4 rings (SSSR count). The lowest BCUT2D eigenvalue weighted by Crippen LogP contribution is -2.36. The van der Waals surface area contributed by atoms with Gasteiger partial charge in [0.15, 0.2) is 11.5 Å². The molecule has 1 atom stereocenters. The van der Waals surface area contributed by atoms with Gasteiger partial charge in [-0.2, -0.15) is 0 Å². The second-order valence-corrected chi connectivity index (χ2v) is 8.45. The molecule has 3 aromatic rings. The molecule has 0 bridgehead atoms.